The third-order valence-electron chi connectivity index (χ3n) is 2.66. The minimum Gasteiger partial charge on any atom is -0.295 e. The molecule has 0 N–H and O–H groups in total. The first-order chi connectivity index (χ1) is 8.83. The Hall–Kier alpha value is -1.26. The molecule has 0 saturated carbocycles. The molecule has 2 aromatic heterocycles. The van der Waals surface area contributed by atoms with Crippen molar-refractivity contribution in [2.24, 2.45) is 0 Å². The van der Waals surface area contributed by atoms with Crippen LogP contribution < -0.4 is 0 Å². The Balaban J connectivity index is 1.81. The number of aromatic nitrogens is 2. The number of nitrogens with zero attached hydrogens (tertiary/aromatic N) is 2. The lowest BCUT2D eigenvalue weighted by Crippen LogP contribution is -1.87. The van der Waals surface area contributed by atoms with Gasteiger partial charge in [0.15, 0.2) is 5.16 Å². The number of fused-ring (bicyclic) bond motifs is 1. The summed E-state index contributed by atoms with van der Waals surface area (Å²) in [5, 5.41) is 1.03. The van der Waals surface area contributed by atoms with Crippen LogP contribution in [-0.4, -0.2) is 9.38 Å². The summed E-state index contributed by atoms with van der Waals surface area (Å²) < 4.78 is 3.23. The summed E-state index contributed by atoms with van der Waals surface area (Å²) in [5.41, 5.74) is 2.43. The van der Waals surface area contributed by atoms with Crippen LogP contribution in [0, 0.1) is 0 Å². The lowest BCUT2D eigenvalue weighted by Gasteiger charge is -2.02. The molecule has 0 atom stereocenters. The van der Waals surface area contributed by atoms with Gasteiger partial charge in [-0.1, -0.05) is 45.9 Å². The first kappa shape index (κ1) is 11.8. The number of halogens is 1. The molecule has 0 unspecified atom stereocenters. The van der Waals surface area contributed by atoms with Crippen molar-refractivity contribution in [1.82, 2.24) is 9.38 Å². The number of rotatable bonds is 3. The van der Waals surface area contributed by atoms with Gasteiger partial charge in [0.05, 0.1) is 11.7 Å². The Morgan fingerprint density at radius 2 is 2.11 bits per heavy atom. The third kappa shape index (κ3) is 2.44. The first-order valence-corrected chi connectivity index (χ1v) is 7.40. The zero-order valence-corrected chi connectivity index (χ0v) is 12.0. The molecule has 0 fully saturated rings. The summed E-state index contributed by atoms with van der Waals surface area (Å²) in [6.07, 6.45) is 3.95. The Bertz CT molecular complexity index is 678. The molecular weight excluding hydrogens is 308 g/mol. The molecule has 0 aliphatic carbocycles. The minimum absolute atomic E-state index is 0.924. The maximum atomic E-state index is 4.45. The zero-order valence-electron chi connectivity index (χ0n) is 9.58. The van der Waals surface area contributed by atoms with E-state index in [0.717, 1.165) is 20.9 Å². The van der Waals surface area contributed by atoms with Gasteiger partial charge in [0.1, 0.15) is 0 Å². The van der Waals surface area contributed by atoms with Crippen molar-refractivity contribution in [3.8, 4) is 0 Å². The van der Waals surface area contributed by atoms with E-state index in [-0.39, 0.29) is 0 Å². The average Bonchev–Trinajstić information content (AvgIpc) is 2.80. The van der Waals surface area contributed by atoms with Crippen LogP contribution in [0.15, 0.2) is 64.5 Å². The van der Waals surface area contributed by atoms with E-state index >= 15 is 0 Å². The Morgan fingerprint density at radius 1 is 1.17 bits per heavy atom. The third-order valence-corrected chi connectivity index (χ3v) is 4.19. The van der Waals surface area contributed by atoms with Crippen LogP contribution in [0.3, 0.4) is 0 Å². The smallest absolute Gasteiger partial charge is 0.172 e. The number of imidazole rings is 1. The number of thioether (sulfide) groups is 1. The van der Waals surface area contributed by atoms with Gasteiger partial charge in [-0.25, -0.2) is 4.98 Å². The number of pyridine rings is 1. The molecule has 0 aliphatic rings. The van der Waals surface area contributed by atoms with E-state index in [4.69, 9.17) is 0 Å². The predicted molar refractivity (Wildman–Crippen MR) is 78.9 cm³/mol. The molecule has 3 rings (SSSR count). The molecule has 0 saturated heterocycles. The van der Waals surface area contributed by atoms with Crippen molar-refractivity contribution < 1.29 is 0 Å². The molecular formula is C14H11BrN2S. The second-order valence-corrected chi connectivity index (χ2v) is 5.81. The topological polar surface area (TPSA) is 17.3 Å². The largest absolute Gasteiger partial charge is 0.295 e. The van der Waals surface area contributed by atoms with Gasteiger partial charge >= 0.3 is 0 Å². The normalized spacial score (nSPS) is 10.9. The fourth-order valence-corrected chi connectivity index (χ4v) is 3.16. The molecule has 0 spiro atoms. The quantitative estimate of drug-likeness (QED) is 0.666. The summed E-state index contributed by atoms with van der Waals surface area (Å²) >= 11 is 5.24. The van der Waals surface area contributed by atoms with Gasteiger partial charge in [-0.3, -0.25) is 4.40 Å². The maximum Gasteiger partial charge on any atom is 0.172 e. The average molecular weight is 319 g/mol. The molecule has 0 bridgehead atoms. The number of benzene rings is 1. The standard InChI is InChI=1S/C14H11BrN2S/c15-12-5-3-4-11(8-12)10-18-14-16-9-13-6-1-2-7-17(13)14/h1-9H,10H2. The fourth-order valence-electron chi connectivity index (χ4n) is 1.80. The molecule has 3 aromatic rings. The SMILES string of the molecule is Brc1cccc(CSc2ncc3ccccn23)c1. The van der Waals surface area contributed by atoms with Crippen molar-refractivity contribution in [2.45, 2.75) is 10.9 Å². The van der Waals surface area contributed by atoms with Gasteiger partial charge in [0, 0.05) is 16.4 Å². The molecule has 0 amide bonds. The van der Waals surface area contributed by atoms with Crippen LogP contribution in [0.25, 0.3) is 5.52 Å². The second-order valence-electron chi connectivity index (χ2n) is 3.95. The first-order valence-electron chi connectivity index (χ1n) is 5.62. The lowest BCUT2D eigenvalue weighted by atomic mass is 10.2. The molecule has 0 radical (unpaired) electrons. The maximum absolute atomic E-state index is 4.45. The molecule has 0 aliphatic heterocycles. The Kier molecular flexibility index (Phi) is 3.39. The highest BCUT2D eigenvalue weighted by Crippen LogP contribution is 2.23. The van der Waals surface area contributed by atoms with E-state index in [1.165, 1.54) is 5.56 Å². The number of hydrogen-bond acceptors (Lipinski definition) is 2. The molecule has 1 aromatic carbocycles. The summed E-state index contributed by atoms with van der Waals surface area (Å²) in [4.78, 5) is 4.45. The monoisotopic (exact) mass is 318 g/mol. The summed E-state index contributed by atoms with van der Waals surface area (Å²) in [5.74, 6) is 0.924. The van der Waals surface area contributed by atoms with Crippen LogP contribution in [0.1, 0.15) is 5.56 Å². The molecule has 2 heterocycles. The van der Waals surface area contributed by atoms with Crippen molar-refractivity contribution in [3.05, 3.63) is 64.9 Å². The summed E-state index contributed by atoms with van der Waals surface area (Å²) in [6.45, 7) is 0. The minimum atomic E-state index is 0.924. The lowest BCUT2D eigenvalue weighted by molar-refractivity contribution is 0.957. The van der Waals surface area contributed by atoms with E-state index in [9.17, 15) is 0 Å². The van der Waals surface area contributed by atoms with E-state index in [2.05, 4.69) is 49.6 Å². The van der Waals surface area contributed by atoms with Crippen molar-refractivity contribution in [2.75, 3.05) is 0 Å². The molecule has 4 heteroatoms. The van der Waals surface area contributed by atoms with Gasteiger partial charge in [-0.15, -0.1) is 0 Å². The van der Waals surface area contributed by atoms with Crippen molar-refractivity contribution >= 4 is 33.2 Å². The second kappa shape index (κ2) is 5.16. The van der Waals surface area contributed by atoms with Gasteiger partial charge in [0.2, 0.25) is 0 Å². The summed E-state index contributed by atoms with van der Waals surface area (Å²) in [7, 11) is 0. The summed E-state index contributed by atoms with van der Waals surface area (Å²) in [6, 6.07) is 14.5. The van der Waals surface area contributed by atoms with Crippen molar-refractivity contribution in [3.63, 3.8) is 0 Å². The van der Waals surface area contributed by atoms with Crippen LogP contribution >= 0.6 is 27.7 Å². The van der Waals surface area contributed by atoms with E-state index < -0.39 is 0 Å². The van der Waals surface area contributed by atoms with Gasteiger partial charge in [-0.05, 0) is 29.8 Å². The van der Waals surface area contributed by atoms with Crippen LogP contribution in [0.5, 0.6) is 0 Å². The highest BCUT2D eigenvalue weighted by molar-refractivity contribution is 9.10. The fraction of sp³-hybridized carbons (Fsp3) is 0.0714. The Labute approximate surface area is 118 Å². The molecule has 90 valence electrons. The number of hydrogen-bond donors (Lipinski definition) is 0. The van der Waals surface area contributed by atoms with Gasteiger partial charge in [0.25, 0.3) is 0 Å². The van der Waals surface area contributed by atoms with E-state index in [1.54, 1.807) is 11.8 Å². The highest BCUT2D eigenvalue weighted by Gasteiger charge is 2.03. The molecule has 18 heavy (non-hydrogen) atoms. The van der Waals surface area contributed by atoms with Crippen LogP contribution in [0.4, 0.5) is 0 Å². The molecule has 2 nitrogen and oxygen atoms in total. The van der Waals surface area contributed by atoms with E-state index in [1.807, 2.05) is 30.6 Å². The van der Waals surface area contributed by atoms with Gasteiger partial charge in [-0.2, -0.15) is 0 Å². The van der Waals surface area contributed by atoms with Crippen LogP contribution in [0.2, 0.25) is 0 Å². The zero-order chi connectivity index (χ0) is 12.4. The highest BCUT2D eigenvalue weighted by atomic mass is 79.9. The van der Waals surface area contributed by atoms with Gasteiger partial charge < -0.3 is 0 Å². The Morgan fingerprint density at radius 3 is 3.00 bits per heavy atom. The van der Waals surface area contributed by atoms with E-state index in [0.29, 0.717) is 0 Å². The van der Waals surface area contributed by atoms with Crippen LogP contribution in [-0.2, 0) is 5.75 Å². The predicted octanol–water partition coefficient (Wildman–Crippen LogP) is 4.39. The van der Waals surface area contributed by atoms with Crippen molar-refractivity contribution in [1.29, 1.82) is 0 Å².